The fourth-order valence-electron chi connectivity index (χ4n) is 2.34. The van der Waals surface area contributed by atoms with Crippen molar-refractivity contribution in [2.45, 2.75) is 4.90 Å². The van der Waals surface area contributed by atoms with Gasteiger partial charge in [0.2, 0.25) is 0 Å². The lowest BCUT2D eigenvalue weighted by Gasteiger charge is -2.16. The maximum Gasteiger partial charge on any atom is 0.127 e. The average molecular weight is 286 g/mol. The number of methoxy groups -OCH3 is 1. The van der Waals surface area contributed by atoms with Crippen molar-refractivity contribution in [1.82, 2.24) is 0 Å². The fourth-order valence-corrected chi connectivity index (χ4v) is 4.05. The molecular weight excluding hydrogens is 268 g/mol. The molecule has 3 heteroatoms. The Balaban J connectivity index is 2.01. The summed E-state index contributed by atoms with van der Waals surface area (Å²) in [5, 5.41) is 7.02. The second kappa shape index (κ2) is 6.16. The smallest absolute Gasteiger partial charge is 0.127 e. The summed E-state index contributed by atoms with van der Waals surface area (Å²) in [5.41, 5.74) is 0. The lowest BCUT2D eigenvalue weighted by molar-refractivity contribution is 0.147. The Morgan fingerprint density at radius 1 is 0.900 bits per heavy atom. The van der Waals surface area contributed by atoms with Crippen molar-refractivity contribution in [3.8, 4) is 5.75 Å². The first-order valence-corrected chi connectivity index (χ1v) is 8.15. The molecule has 2 aromatic rings. The van der Waals surface area contributed by atoms with Gasteiger partial charge in [-0.25, -0.2) is 0 Å². The highest BCUT2D eigenvalue weighted by Gasteiger charge is 2.10. The van der Waals surface area contributed by atoms with Gasteiger partial charge in [0.05, 0.1) is 6.61 Å². The van der Waals surface area contributed by atoms with E-state index >= 15 is 0 Å². The SMILES string of the molecule is COCCOc1ccc([SH]2C=CC=C2)c2ccccc12. The van der Waals surface area contributed by atoms with Crippen LogP contribution in [0.25, 0.3) is 10.8 Å². The molecule has 3 rings (SSSR count). The molecule has 2 nitrogen and oxygen atoms in total. The second-order valence-corrected chi connectivity index (χ2v) is 6.45. The molecule has 1 aliphatic heterocycles. The summed E-state index contributed by atoms with van der Waals surface area (Å²) in [7, 11) is 1.38. The zero-order valence-electron chi connectivity index (χ0n) is 11.5. The lowest BCUT2D eigenvalue weighted by Crippen LogP contribution is -2.04. The number of hydrogen-bond acceptors (Lipinski definition) is 2. The van der Waals surface area contributed by atoms with Crippen LogP contribution in [0.2, 0.25) is 0 Å². The zero-order chi connectivity index (χ0) is 13.8. The van der Waals surface area contributed by atoms with Crippen LogP contribution < -0.4 is 4.74 Å². The molecule has 0 bridgehead atoms. The number of ether oxygens (including phenoxy) is 2. The topological polar surface area (TPSA) is 18.5 Å². The molecule has 1 heterocycles. The van der Waals surface area contributed by atoms with Crippen molar-refractivity contribution in [2.75, 3.05) is 20.3 Å². The van der Waals surface area contributed by atoms with Gasteiger partial charge >= 0.3 is 0 Å². The van der Waals surface area contributed by atoms with Crippen molar-refractivity contribution in [1.29, 1.82) is 0 Å². The second-order valence-electron chi connectivity index (χ2n) is 4.56. The van der Waals surface area contributed by atoms with E-state index in [1.54, 1.807) is 7.11 Å². The molecule has 20 heavy (non-hydrogen) atoms. The molecule has 0 saturated heterocycles. The molecule has 104 valence electrons. The van der Waals surface area contributed by atoms with Crippen LogP contribution in [-0.4, -0.2) is 20.3 Å². The number of rotatable bonds is 5. The van der Waals surface area contributed by atoms with E-state index in [4.69, 9.17) is 9.47 Å². The number of hydrogen-bond donors (Lipinski definition) is 1. The summed E-state index contributed by atoms with van der Waals surface area (Å²) in [5.74, 6) is 0.934. The first kappa shape index (κ1) is 13.3. The predicted octanol–water partition coefficient (Wildman–Crippen LogP) is 4.27. The van der Waals surface area contributed by atoms with E-state index in [-0.39, 0.29) is 10.9 Å². The van der Waals surface area contributed by atoms with Gasteiger partial charge in [-0.1, -0.05) is 36.4 Å². The summed E-state index contributed by atoms with van der Waals surface area (Å²) in [6.45, 7) is 1.18. The molecule has 1 aliphatic rings. The van der Waals surface area contributed by atoms with Gasteiger partial charge in [-0.2, -0.15) is 10.9 Å². The zero-order valence-corrected chi connectivity index (χ0v) is 12.3. The number of thiol groups is 1. The summed E-state index contributed by atoms with van der Waals surface area (Å²) < 4.78 is 10.9. The Hall–Kier alpha value is -1.71. The Kier molecular flexibility index (Phi) is 4.09. The molecule has 0 amide bonds. The van der Waals surface area contributed by atoms with Gasteiger partial charge in [0.1, 0.15) is 12.4 Å². The first-order chi connectivity index (χ1) is 9.90. The Bertz CT molecular complexity index is 649. The van der Waals surface area contributed by atoms with Crippen LogP contribution in [0.3, 0.4) is 0 Å². The molecule has 0 N–H and O–H groups in total. The quantitative estimate of drug-likeness (QED) is 0.654. The largest absolute Gasteiger partial charge is 0.491 e. The highest BCUT2D eigenvalue weighted by atomic mass is 32.2. The molecule has 0 radical (unpaired) electrons. The maximum atomic E-state index is 5.82. The Labute approximate surface area is 122 Å². The molecule has 2 aromatic carbocycles. The van der Waals surface area contributed by atoms with Crippen molar-refractivity contribution < 1.29 is 9.47 Å². The number of allylic oxidation sites excluding steroid dienone is 2. The summed E-state index contributed by atoms with van der Waals surface area (Å²) in [6.07, 6.45) is 4.26. The minimum atomic E-state index is -0.310. The number of benzene rings is 2. The van der Waals surface area contributed by atoms with Crippen molar-refractivity contribution in [3.05, 3.63) is 59.4 Å². The number of fused-ring (bicyclic) bond motifs is 1. The standard InChI is InChI=1S/C17H18O2S/c1-18-10-11-19-16-8-9-17(20-12-4-5-13-20)15-7-3-2-6-14(15)16/h2-9,12-13,20H,10-11H2,1H3. The normalized spacial score (nSPS) is 15.2. The van der Waals surface area contributed by atoms with Crippen LogP contribution >= 0.6 is 10.9 Å². The molecule has 0 aliphatic carbocycles. The van der Waals surface area contributed by atoms with Crippen LogP contribution in [-0.2, 0) is 4.74 Å². The van der Waals surface area contributed by atoms with E-state index in [1.807, 2.05) is 0 Å². The third-order valence-electron chi connectivity index (χ3n) is 3.29. The highest BCUT2D eigenvalue weighted by molar-refractivity contribution is 8.22. The summed E-state index contributed by atoms with van der Waals surface area (Å²) in [6, 6.07) is 12.7. The van der Waals surface area contributed by atoms with Crippen LogP contribution in [0, 0.1) is 0 Å². The van der Waals surface area contributed by atoms with Gasteiger partial charge in [-0.3, -0.25) is 0 Å². The third kappa shape index (κ3) is 2.60. The van der Waals surface area contributed by atoms with Gasteiger partial charge in [0, 0.05) is 17.4 Å². The van der Waals surface area contributed by atoms with Gasteiger partial charge in [0.25, 0.3) is 0 Å². The van der Waals surface area contributed by atoms with Gasteiger partial charge < -0.3 is 9.47 Å². The summed E-state index contributed by atoms with van der Waals surface area (Å²) >= 11 is 0. The molecule has 0 spiro atoms. The van der Waals surface area contributed by atoms with E-state index in [0.717, 1.165) is 5.75 Å². The molecular formula is C17H18O2S. The van der Waals surface area contributed by atoms with Gasteiger partial charge in [-0.05, 0) is 28.3 Å². The Morgan fingerprint density at radius 2 is 1.65 bits per heavy atom. The molecule has 0 atom stereocenters. The first-order valence-electron chi connectivity index (χ1n) is 6.67. The van der Waals surface area contributed by atoms with Crippen molar-refractivity contribution in [2.24, 2.45) is 0 Å². The van der Waals surface area contributed by atoms with Gasteiger partial charge in [0.15, 0.2) is 0 Å². The van der Waals surface area contributed by atoms with Crippen LogP contribution in [0.4, 0.5) is 0 Å². The fraction of sp³-hybridized carbons (Fsp3) is 0.176. The average Bonchev–Trinajstić information content (AvgIpc) is 3.01. The lowest BCUT2D eigenvalue weighted by atomic mass is 10.1. The Morgan fingerprint density at radius 3 is 2.40 bits per heavy atom. The van der Waals surface area contributed by atoms with Crippen molar-refractivity contribution in [3.63, 3.8) is 0 Å². The van der Waals surface area contributed by atoms with Crippen molar-refractivity contribution >= 4 is 21.7 Å². The maximum absolute atomic E-state index is 5.82. The van der Waals surface area contributed by atoms with E-state index in [1.165, 1.54) is 15.7 Å². The van der Waals surface area contributed by atoms with E-state index in [2.05, 4.69) is 59.4 Å². The highest BCUT2D eigenvalue weighted by Crippen LogP contribution is 2.46. The third-order valence-corrected chi connectivity index (χ3v) is 5.22. The van der Waals surface area contributed by atoms with Gasteiger partial charge in [-0.15, -0.1) is 0 Å². The van der Waals surface area contributed by atoms with E-state index < -0.39 is 0 Å². The molecule has 0 aromatic heterocycles. The van der Waals surface area contributed by atoms with E-state index in [9.17, 15) is 0 Å². The molecule has 0 unspecified atom stereocenters. The molecule has 0 fully saturated rings. The predicted molar refractivity (Wildman–Crippen MR) is 86.9 cm³/mol. The minimum Gasteiger partial charge on any atom is -0.491 e. The van der Waals surface area contributed by atoms with Crippen LogP contribution in [0.1, 0.15) is 0 Å². The summed E-state index contributed by atoms with van der Waals surface area (Å²) in [4.78, 5) is 1.39. The monoisotopic (exact) mass is 286 g/mol. The minimum absolute atomic E-state index is 0.310. The van der Waals surface area contributed by atoms with E-state index in [0.29, 0.717) is 13.2 Å². The van der Waals surface area contributed by atoms with Crippen LogP contribution in [0.5, 0.6) is 5.75 Å². The molecule has 0 saturated carbocycles. The van der Waals surface area contributed by atoms with Crippen LogP contribution in [0.15, 0.2) is 64.3 Å².